The molecule has 1 unspecified atom stereocenters. The van der Waals surface area contributed by atoms with Crippen molar-refractivity contribution >= 4 is 18.3 Å². The number of carbonyl (C=O) groups excluding carboxylic acids is 1. The number of ether oxygens (including phenoxy) is 1. The second-order valence-electron chi connectivity index (χ2n) is 6.99. The fourth-order valence-corrected chi connectivity index (χ4v) is 3.36. The summed E-state index contributed by atoms with van der Waals surface area (Å²) in [6.45, 7) is 1.31. The minimum Gasteiger partial charge on any atom is -0.493 e. The van der Waals surface area contributed by atoms with Crippen molar-refractivity contribution in [3.63, 3.8) is 0 Å². The number of amides is 1. The Morgan fingerprint density at radius 3 is 2.38 bits per heavy atom. The van der Waals surface area contributed by atoms with E-state index in [2.05, 4.69) is 5.32 Å². The fraction of sp³-hybridized carbons (Fsp3) is 0.632. The number of rotatable bonds is 7. The molecule has 0 aliphatic heterocycles. The van der Waals surface area contributed by atoms with Gasteiger partial charge in [0.1, 0.15) is 5.75 Å². The Hall–Kier alpha value is -1.26. The number of hydrogen-bond donors (Lipinski definition) is 2. The smallest absolute Gasteiger partial charge is 0.251 e. The topological polar surface area (TPSA) is 64.3 Å². The Balaban J connectivity index is 0.00000208. The number of benzene rings is 1. The van der Waals surface area contributed by atoms with Gasteiger partial charge in [-0.05, 0) is 61.8 Å². The van der Waals surface area contributed by atoms with Crippen LogP contribution in [0.1, 0.15) is 55.3 Å². The second kappa shape index (κ2) is 9.28. The van der Waals surface area contributed by atoms with Gasteiger partial charge in [0.25, 0.3) is 5.91 Å². The first kappa shape index (κ1) is 19.1. The van der Waals surface area contributed by atoms with Crippen LogP contribution in [0.2, 0.25) is 0 Å². The van der Waals surface area contributed by atoms with Gasteiger partial charge in [0.15, 0.2) is 0 Å². The molecule has 2 aliphatic rings. The standard InChI is InChI=1S/C19H28N2O2.ClH/c20-12-18(15-4-2-1-3-5-15)21-19(22)16-8-10-17(11-9-16)23-13-14-6-7-14;/h8-11,14-15,18H,1-7,12-13,20H2,(H,21,22);1H. The number of carbonyl (C=O) groups is 1. The van der Waals surface area contributed by atoms with E-state index in [1.54, 1.807) is 0 Å². The summed E-state index contributed by atoms with van der Waals surface area (Å²) in [5, 5.41) is 3.13. The predicted molar refractivity (Wildman–Crippen MR) is 98.8 cm³/mol. The van der Waals surface area contributed by atoms with Gasteiger partial charge in [0.05, 0.1) is 6.61 Å². The molecule has 3 rings (SSSR count). The highest BCUT2D eigenvalue weighted by Crippen LogP contribution is 2.29. The van der Waals surface area contributed by atoms with Crippen molar-refractivity contribution in [3.05, 3.63) is 29.8 Å². The van der Waals surface area contributed by atoms with Crippen LogP contribution in [0.4, 0.5) is 0 Å². The van der Waals surface area contributed by atoms with E-state index in [-0.39, 0.29) is 24.4 Å². The van der Waals surface area contributed by atoms with E-state index in [4.69, 9.17) is 10.5 Å². The van der Waals surface area contributed by atoms with E-state index in [1.807, 2.05) is 24.3 Å². The second-order valence-corrected chi connectivity index (χ2v) is 6.99. The van der Waals surface area contributed by atoms with Crippen LogP contribution < -0.4 is 15.8 Å². The number of halogens is 1. The molecule has 4 nitrogen and oxygen atoms in total. The van der Waals surface area contributed by atoms with E-state index in [9.17, 15) is 4.79 Å². The highest BCUT2D eigenvalue weighted by Gasteiger charge is 2.24. The molecule has 0 heterocycles. The van der Waals surface area contributed by atoms with E-state index in [1.165, 1.54) is 44.9 Å². The van der Waals surface area contributed by atoms with Gasteiger partial charge in [0, 0.05) is 18.2 Å². The summed E-state index contributed by atoms with van der Waals surface area (Å²) >= 11 is 0. The third kappa shape index (κ3) is 5.38. The first-order chi connectivity index (χ1) is 11.3. The van der Waals surface area contributed by atoms with Crippen molar-refractivity contribution in [2.45, 2.75) is 51.0 Å². The largest absolute Gasteiger partial charge is 0.493 e. The molecule has 2 saturated carbocycles. The Morgan fingerprint density at radius 2 is 1.79 bits per heavy atom. The maximum Gasteiger partial charge on any atom is 0.251 e. The summed E-state index contributed by atoms with van der Waals surface area (Å²) in [7, 11) is 0. The van der Waals surface area contributed by atoms with Crippen LogP contribution in [0, 0.1) is 11.8 Å². The quantitative estimate of drug-likeness (QED) is 0.788. The molecular formula is C19H29ClN2O2. The van der Waals surface area contributed by atoms with Crippen LogP contribution in [0.15, 0.2) is 24.3 Å². The third-order valence-corrected chi connectivity index (χ3v) is 5.09. The molecular weight excluding hydrogens is 324 g/mol. The molecule has 0 radical (unpaired) electrons. The van der Waals surface area contributed by atoms with Crippen LogP contribution >= 0.6 is 12.4 Å². The van der Waals surface area contributed by atoms with Gasteiger partial charge < -0.3 is 15.8 Å². The summed E-state index contributed by atoms with van der Waals surface area (Å²) < 4.78 is 5.71. The van der Waals surface area contributed by atoms with Crippen LogP contribution in [-0.2, 0) is 0 Å². The molecule has 0 aromatic heterocycles. The van der Waals surface area contributed by atoms with Gasteiger partial charge in [0.2, 0.25) is 0 Å². The van der Waals surface area contributed by atoms with Gasteiger partial charge in [-0.15, -0.1) is 12.4 Å². The zero-order chi connectivity index (χ0) is 16.1. The average Bonchev–Trinajstić information content (AvgIpc) is 3.43. The average molecular weight is 353 g/mol. The van der Waals surface area contributed by atoms with Gasteiger partial charge in [-0.25, -0.2) is 0 Å². The highest BCUT2D eigenvalue weighted by atomic mass is 35.5. The van der Waals surface area contributed by atoms with Crippen molar-refractivity contribution in [2.75, 3.05) is 13.2 Å². The molecule has 2 aliphatic carbocycles. The van der Waals surface area contributed by atoms with Crippen LogP contribution in [0.3, 0.4) is 0 Å². The van der Waals surface area contributed by atoms with Crippen molar-refractivity contribution in [2.24, 2.45) is 17.6 Å². The summed E-state index contributed by atoms with van der Waals surface area (Å²) in [5.41, 5.74) is 6.57. The molecule has 0 bridgehead atoms. The maximum absolute atomic E-state index is 12.4. The van der Waals surface area contributed by atoms with Gasteiger partial charge in [-0.1, -0.05) is 19.3 Å². The molecule has 1 amide bonds. The molecule has 134 valence electrons. The Morgan fingerprint density at radius 1 is 1.12 bits per heavy atom. The summed E-state index contributed by atoms with van der Waals surface area (Å²) in [6.07, 6.45) is 8.73. The van der Waals surface area contributed by atoms with Crippen LogP contribution in [0.5, 0.6) is 5.75 Å². The molecule has 1 aromatic carbocycles. The molecule has 1 atom stereocenters. The van der Waals surface area contributed by atoms with Gasteiger partial charge >= 0.3 is 0 Å². The lowest BCUT2D eigenvalue weighted by atomic mass is 9.84. The first-order valence-corrected chi connectivity index (χ1v) is 9.00. The summed E-state index contributed by atoms with van der Waals surface area (Å²) in [5.74, 6) is 2.08. The molecule has 0 spiro atoms. The Kier molecular flexibility index (Phi) is 7.38. The molecule has 24 heavy (non-hydrogen) atoms. The van der Waals surface area contributed by atoms with E-state index < -0.39 is 0 Å². The van der Waals surface area contributed by atoms with Crippen molar-refractivity contribution in [1.29, 1.82) is 0 Å². The fourth-order valence-electron chi connectivity index (χ4n) is 3.36. The predicted octanol–water partition coefficient (Wildman–Crippen LogP) is 3.53. The molecule has 3 N–H and O–H groups in total. The Bertz CT molecular complexity index is 511. The highest BCUT2D eigenvalue weighted by molar-refractivity contribution is 5.94. The van der Waals surface area contributed by atoms with Crippen molar-refractivity contribution in [1.82, 2.24) is 5.32 Å². The van der Waals surface area contributed by atoms with Gasteiger partial charge in [-0.2, -0.15) is 0 Å². The SMILES string of the molecule is Cl.NCC(NC(=O)c1ccc(OCC2CC2)cc1)C1CCCCC1. The molecule has 2 fully saturated rings. The molecule has 1 aromatic rings. The zero-order valence-corrected chi connectivity index (χ0v) is 15.0. The molecule has 5 heteroatoms. The lowest BCUT2D eigenvalue weighted by molar-refractivity contribution is 0.0915. The monoisotopic (exact) mass is 352 g/mol. The lowest BCUT2D eigenvalue weighted by Gasteiger charge is -2.30. The minimum absolute atomic E-state index is 0. The van der Waals surface area contributed by atoms with Gasteiger partial charge in [-0.3, -0.25) is 4.79 Å². The summed E-state index contributed by atoms with van der Waals surface area (Å²) in [4.78, 5) is 12.4. The number of hydrogen-bond acceptors (Lipinski definition) is 3. The maximum atomic E-state index is 12.4. The van der Waals surface area contributed by atoms with Crippen molar-refractivity contribution < 1.29 is 9.53 Å². The first-order valence-electron chi connectivity index (χ1n) is 9.00. The van der Waals surface area contributed by atoms with Crippen molar-refractivity contribution in [3.8, 4) is 5.75 Å². The number of nitrogens with two attached hydrogens (primary N) is 1. The summed E-state index contributed by atoms with van der Waals surface area (Å²) in [6, 6.07) is 7.54. The van der Waals surface area contributed by atoms with Crippen LogP contribution in [0.25, 0.3) is 0 Å². The van der Waals surface area contributed by atoms with Crippen LogP contribution in [-0.4, -0.2) is 25.1 Å². The number of nitrogens with one attached hydrogen (secondary N) is 1. The van der Waals surface area contributed by atoms with E-state index in [0.29, 0.717) is 18.0 Å². The van der Waals surface area contributed by atoms with E-state index >= 15 is 0 Å². The third-order valence-electron chi connectivity index (χ3n) is 5.09. The van der Waals surface area contributed by atoms with E-state index in [0.717, 1.165) is 18.3 Å². The lowest BCUT2D eigenvalue weighted by Crippen LogP contribution is -2.45. The normalized spacial score (nSPS) is 19.2. The zero-order valence-electron chi connectivity index (χ0n) is 14.2. The minimum atomic E-state index is -0.0280. The Labute approximate surface area is 150 Å². The molecule has 0 saturated heterocycles.